The van der Waals surface area contributed by atoms with Gasteiger partial charge in [0, 0.05) is 17.6 Å². The Bertz CT molecular complexity index is 541. The molecule has 1 aliphatic rings. The molecule has 2 rings (SSSR count). The largest absolute Gasteiger partial charge is 0.391 e. The Morgan fingerprint density at radius 3 is 2.71 bits per heavy atom. The minimum atomic E-state index is -0.537. The molecule has 0 radical (unpaired) electrons. The molecule has 0 unspecified atom stereocenters. The van der Waals surface area contributed by atoms with Gasteiger partial charge >= 0.3 is 0 Å². The summed E-state index contributed by atoms with van der Waals surface area (Å²) < 4.78 is 0.969. The molecule has 1 saturated heterocycles. The molecule has 1 aliphatic heterocycles. The number of rotatable bonds is 4. The third kappa shape index (κ3) is 4.25. The second-order valence-electron chi connectivity index (χ2n) is 5.60. The number of nitrogens with one attached hydrogen (secondary N) is 1. The Morgan fingerprint density at radius 2 is 2.14 bits per heavy atom. The van der Waals surface area contributed by atoms with Gasteiger partial charge in [-0.1, -0.05) is 40.3 Å². The van der Waals surface area contributed by atoms with Crippen molar-refractivity contribution < 1.29 is 4.79 Å². The zero-order valence-corrected chi connectivity index (χ0v) is 14.5. The number of piperidine rings is 1. The van der Waals surface area contributed by atoms with Gasteiger partial charge in [0.25, 0.3) is 0 Å². The number of nitrogens with two attached hydrogens (primary N) is 1. The Labute approximate surface area is 139 Å². The fraction of sp³-hybridized carbons (Fsp3) is 0.467. The number of nitrogens with zero attached hydrogens (tertiary/aromatic N) is 1. The summed E-state index contributed by atoms with van der Waals surface area (Å²) in [5.41, 5.74) is 6.33. The standard InChI is InChI=1S/C15H20BrN3OS/c1-19-7-5-15(6-8-19,14(17)21)18-13(20)10-11-3-2-4-12(16)9-11/h2-4,9H,5-8,10H2,1H3,(H2,17,21)(H,18,20). The highest BCUT2D eigenvalue weighted by atomic mass is 79.9. The number of hydrogen-bond donors (Lipinski definition) is 2. The number of carbonyl (C=O) groups excluding carboxylic acids is 1. The van der Waals surface area contributed by atoms with E-state index in [0.29, 0.717) is 11.4 Å². The molecule has 1 aromatic carbocycles. The lowest BCUT2D eigenvalue weighted by Gasteiger charge is -2.40. The first kappa shape index (κ1) is 16.4. The first-order valence-corrected chi connectivity index (χ1v) is 8.15. The van der Waals surface area contributed by atoms with Crippen molar-refractivity contribution in [1.29, 1.82) is 0 Å². The monoisotopic (exact) mass is 369 g/mol. The Balaban J connectivity index is 2.04. The van der Waals surface area contributed by atoms with Crippen LogP contribution in [0.4, 0.5) is 0 Å². The molecule has 0 aromatic heterocycles. The molecule has 0 aliphatic carbocycles. The molecule has 6 heteroatoms. The predicted molar refractivity (Wildman–Crippen MR) is 92.2 cm³/mol. The average Bonchev–Trinajstić information content (AvgIpc) is 2.41. The van der Waals surface area contributed by atoms with Gasteiger partial charge in [-0.05, 0) is 37.6 Å². The summed E-state index contributed by atoms with van der Waals surface area (Å²) in [5, 5.41) is 3.07. The zero-order chi connectivity index (χ0) is 15.5. The molecule has 0 saturated carbocycles. The number of halogens is 1. The van der Waals surface area contributed by atoms with E-state index >= 15 is 0 Å². The summed E-state index contributed by atoms with van der Waals surface area (Å²) >= 11 is 8.62. The molecule has 1 fully saturated rings. The number of amides is 1. The van der Waals surface area contributed by atoms with Crippen LogP contribution in [0.15, 0.2) is 28.7 Å². The molecule has 0 atom stereocenters. The molecule has 114 valence electrons. The van der Waals surface area contributed by atoms with Crippen LogP contribution in [0.2, 0.25) is 0 Å². The van der Waals surface area contributed by atoms with E-state index in [2.05, 4.69) is 33.2 Å². The van der Waals surface area contributed by atoms with Crippen LogP contribution < -0.4 is 11.1 Å². The van der Waals surface area contributed by atoms with E-state index in [4.69, 9.17) is 18.0 Å². The highest BCUT2D eigenvalue weighted by Crippen LogP contribution is 2.22. The molecule has 0 bridgehead atoms. The van der Waals surface area contributed by atoms with Gasteiger partial charge in [-0.3, -0.25) is 4.79 Å². The number of carbonyl (C=O) groups is 1. The molecule has 1 heterocycles. The van der Waals surface area contributed by atoms with Crippen LogP contribution in [-0.2, 0) is 11.2 Å². The van der Waals surface area contributed by atoms with E-state index in [-0.39, 0.29) is 5.91 Å². The van der Waals surface area contributed by atoms with Crippen LogP contribution in [0.1, 0.15) is 18.4 Å². The van der Waals surface area contributed by atoms with Gasteiger partial charge in [0.1, 0.15) is 0 Å². The lowest BCUT2D eigenvalue weighted by Crippen LogP contribution is -2.61. The summed E-state index contributed by atoms with van der Waals surface area (Å²) in [6.07, 6.45) is 1.87. The Hall–Kier alpha value is -0.980. The number of likely N-dealkylation sites (tertiary alicyclic amines) is 1. The fourth-order valence-electron chi connectivity index (χ4n) is 2.58. The minimum absolute atomic E-state index is 0.0366. The second kappa shape index (κ2) is 6.85. The van der Waals surface area contributed by atoms with Gasteiger partial charge in [-0.25, -0.2) is 0 Å². The third-order valence-corrected chi connectivity index (χ3v) is 4.83. The lowest BCUT2D eigenvalue weighted by molar-refractivity contribution is -0.122. The van der Waals surface area contributed by atoms with Gasteiger partial charge in [0.2, 0.25) is 5.91 Å². The molecule has 1 aromatic rings. The summed E-state index contributed by atoms with van der Waals surface area (Å²) in [7, 11) is 2.06. The van der Waals surface area contributed by atoms with Crippen molar-refractivity contribution in [3.05, 3.63) is 34.3 Å². The molecule has 1 amide bonds. The Kier molecular flexibility index (Phi) is 5.35. The van der Waals surface area contributed by atoms with Crippen molar-refractivity contribution in [3.8, 4) is 0 Å². The number of benzene rings is 1. The van der Waals surface area contributed by atoms with E-state index in [0.717, 1.165) is 36.0 Å². The number of hydrogen-bond acceptors (Lipinski definition) is 3. The van der Waals surface area contributed by atoms with Gasteiger partial charge in [0.15, 0.2) is 0 Å². The third-order valence-electron chi connectivity index (χ3n) is 3.94. The topological polar surface area (TPSA) is 58.4 Å². The summed E-state index contributed by atoms with van der Waals surface area (Å²) in [5.74, 6) is -0.0366. The Morgan fingerprint density at radius 1 is 1.48 bits per heavy atom. The van der Waals surface area contributed by atoms with Crippen molar-refractivity contribution in [3.63, 3.8) is 0 Å². The molecular formula is C15H20BrN3OS. The van der Waals surface area contributed by atoms with Gasteiger partial charge < -0.3 is 16.0 Å². The van der Waals surface area contributed by atoms with Gasteiger partial charge in [-0.2, -0.15) is 0 Å². The number of thiocarbonyl (C=S) groups is 1. The molecule has 21 heavy (non-hydrogen) atoms. The smallest absolute Gasteiger partial charge is 0.225 e. The van der Waals surface area contributed by atoms with Gasteiger partial charge in [0.05, 0.1) is 16.9 Å². The summed E-state index contributed by atoms with van der Waals surface area (Å²) in [6, 6.07) is 7.74. The van der Waals surface area contributed by atoms with E-state index in [1.807, 2.05) is 24.3 Å². The first-order valence-electron chi connectivity index (χ1n) is 6.95. The average molecular weight is 370 g/mol. The molecule has 3 N–H and O–H groups in total. The van der Waals surface area contributed by atoms with Crippen LogP contribution >= 0.6 is 28.1 Å². The van der Waals surface area contributed by atoms with Crippen LogP contribution in [0.25, 0.3) is 0 Å². The van der Waals surface area contributed by atoms with E-state index in [9.17, 15) is 4.79 Å². The highest BCUT2D eigenvalue weighted by molar-refractivity contribution is 9.10. The molecule has 0 spiro atoms. The summed E-state index contributed by atoms with van der Waals surface area (Å²) in [4.78, 5) is 14.9. The quantitative estimate of drug-likeness (QED) is 0.795. The minimum Gasteiger partial charge on any atom is -0.391 e. The summed E-state index contributed by atoms with van der Waals surface area (Å²) in [6.45, 7) is 1.77. The van der Waals surface area contributed by atoms with Crippen molar-refractivity contribution in [1.82, 2.24) is 10.2 Å². The van der Waals surface area contributed by atoms with Crippen LogP contribution in [0.3, 0.4) is 0 Å². The first-order chi connectivity index (χ1) is 9.91. The maximum Gasteiger partial charge on any atom is 0.225 e. The van der Waals surface area contributed by atoms with Crippen molar-refractivity contribution in [2.45, 2.75) is 24.8 Å². The van der Waals surface area contributed by atoms with Crippen LogP contribution in [0, 0.1) is 0 Å². The lowest BCUT2D eigenvalue weighted by atomic mass is 9.87. The molecular weight excluding hydrogens is 350 g/mol. The van der Waals surface area contributed by atoms with Crippen molar-refractivity contribution in [2.75, 3.05) is 20.1 Å². The maximum atomic E-state index is 12.3. The maximum absolute atomic E-state index is 12.3. The molecule has 4 nitrogen and oxygen atoms in total. The van der Waals surface area contributed by atoms with Crippen molar-refractivity contribution >= 4 is 39.0 Å². The van der Waals surface area contributed by atoms with E-state index < -0.39 is 5.54 Å². The van der Waals surface area contributed by atoms with Crippen LogP contribution in [-0.4, -0.2) is 41.5 Å². The second-order valence-corrected chi connectivity index (χ2v) is 6.96. The zero-order valence-electron chi connectivity index (χ0n) is 12.1. The SMILES string of the molecule is CN1CCC(NC(=O)Cc2cccc(Br)c2)(C(N)=S)CC1. The fourth-order valence-corrected chi connectivity index (χ4v) is 3.28. The van der Waals surface area contributed by atoms with Gasteiger partial charge in [-0.15, -0.1) is 0 Å². The van der Waals surface area contributed by atoms with E-state index in [1.54, 1.807) is 0 Å². The highest BCUT2D eigenvalue weighted by Gasteiger charge is 2.37. The normalized spacial score (nSPS) is 18.2. The van der Waals surface area contributed by atoms with E-state index in [1.165, 1.54) is 0 Å². The van der Waals surface area contributed by atoms with Crippen molar-refractivity contribution in [2.24, 2.45) is 5.73 Å². The van der Waals surface area contributed by atoms with Crippen LogP contribution in [0.5, 0.6) is 0 Å². The predicted octanol–water partition coefficient (Wildman–Crippen LogP) is 1.86.